The molecule has 3 heterocycles. The fourth-order valence-electron chi connectivity index (χ4n) is 3.37. The molecule has 0 N–H and O–H groups in total. The maximum Gasteiger partial charge on any atom is 0.230 e. The van der Waals surface area contributed by atoms with Gasteiger partial charge in [-0.15, -0.1) is 0 Å². The summed E-state index contributed by atoms with van der Waals surface area (Å²) < 4.78 is 10.3. The second-order valence-electron chi connectivity index (χ2n) is 6.25. The smallest absolute Gasteiger partial charge is 0.230 e. The zero-order valence-corrected chi connectivity index (χ0v) is 14.0. The van der Waals surface area contributed by atoms with Gasteiger partial charge in [0, 0.05) is 31.5 Å². The monoisotopic (exact) mass is 318 g/mol. The van der Waals surface area contributed by atoms with Crippen LogP contribution in [-0.2, 0) is 4.79 Å². The van der Waals surface area contributed by atoms with E-state index in [1.54, 1.807) is 6.92 Å². The molecule has 124 valence electrons. The van der Waals surface area contributed by atoms with E-state index >= 15 is 0 Å². The summed E-state index contributed by atoms with van der Waals surface area (Å²) >= 11 is 0. The summed E-state index contributed by atoms with van der Waals surface area (Å²) in [6.07, 6.45) is 1.92. The Balaban J connectivity index is 1.74. The van der Waals surface area contributed by atoms with Crippen LogP contribution in [0, 0.1) is 20.8 Å². The van der Waals surface area contributed by atoms with Crippen LogP contribution in [0.4, 0.5) is 0 Å². The highest BCUT2D eigenvalue weighted by Crippen LogP contribution is 2.29. The van der Waals surface area contributed by atoms with Crippen molar-refractivity contribution in [2.45, 2.75) is 52.4 Å². The number of likely N-dealkylation sites (tertiary alicyclic amines) is 1. The molecule has 0 unspecified atom stereocenters. The normalized spacial score (nSPS) is 19.8. The molecule has 0 radical (unpaired) electrons. The van der Waals surface area contributed by atoms with Gasteiger partial charge in [-0.05, 0) is 33.6 Å². The van der Waals surface area contributed by atoms with Crippen LogP contribution in [-0.4, -0.2) is 39.2 Å². The van der Waals surface area contributed by atoms with E-state index in [1.807, 2.05) is 25.7 Å². The van der Waals surface area contributed by atoms with Gasteiger partial charge in [-0.2, -0.15) is 4.98 Å². The average Bonchev–Trinajstić information content (AvgIpc) is 3.12. The lowest BCUT2D eigenvalue weighted by atomic mass is 9.93. The molecule has 7 heteroatoms. The Morgan fingerprint density at radius 2 is 2.04 bits per heavy atom. The summed E-state index contributed by atoms with van der Waals surface area (Å²) in [6.45, 7) is 8.81. The Morgan fingerprint density at radius 1 is 1.26 bits per heavy atom. The first kappa shape index (κ1) is 15.7. The summed E-state index contributed by atoms with van der Waals surface area (Å²) in [5.41, 5.74) is 1.68. The van der Waals surface area contributed by atoms with Crippen LogP contribution in [0.3, 0.4) is 0 Å². The van der Waals surface area contributed by atoms with Gasteiger partial charge in [-0.3, -0.25) is 4.79 Å². The fraction of sp³-hybridized carbons (Fsp3) is 0.625. The van der Waals surface area contributed by atoms with Crippen LogP contribution >= 0.6 is 0 Å². The van der Waals surface area contributed by atoms with Gasteiger partial charge in [0.2, 0.25) is 11.8 Å². The molecule has 0 saturated carbocycles. The first-order chi connectivity index (χ1) is 11.0. The number of amides is 1. The van der Waals surface area contributed by atoms with E-state index in [4.69, 9.17) is 9.05 Å². The molecule has 0 bridgehead atoms. The zero-order chi connectivity index (χ0) is 16.6. The van der Waals surface area contributed by atoms with Crippen LogP contribution in [0.15, 0.2) is 9.05 Å². The van der Waals surface area contributed by atoms with E-state index < -0.39 is 0 Å². The van der Waals surface area contributed by atoms with Gasteiger partial charge in [0.15, 0.2) is 5.82 Å². The van der Waals surface area contributed by atoms with Crippen molar-refractivity contribution in [3.8, 4) is 0 Å². The van der Waals surface area contributed by atoms with Crippen LogP contribution < -0.4 is 0 Å². The third-order valence-electron chi connectivity index (χ3n) is 4.53. The first-order valence-corrected chi connectivity index (χ1v) is 7.99. The molecule has 1 aliphatic heterocycles. The molecule has 2 aromatic rings. The van der Waals surface area contributed by atoms with Crippen molar-refractivity contribution in [1.29, 1.82) is 0 Å². The maximum absolute atomic E-state index is 12.9. The van der Waals surface area contributed by atoms with Crippen LogP contribution in [0.5, 0.6) is 0 Å². The van der Waals surface area contributed by atoms with Crippen molar-refractivity contribution in [3.05, 3.63) is 28.7 Å². The Labute approximate surface area is 135 Å². The number of piperidine rings is 1. The van der Waals surface area contributed by atoms with Crippen LogP contribution in [0.2, 0.25) is 0 Å². The number of carbonyl (C=O) groups is 1. The molecular weight excluding hydrogens is 296 g/mol. The standard InChI is InChI=1S/C16H22N4O3/c1-9(14-10(2)18-22-11(14)3)16(21)20-7-5-6-13(8-20)15-17-12(4)23-19-15/h9,13H,5-8H2,1-4H3/t9-,13-/m0/s1. The van der Waals surface area contributed by atoms with Gasteiger partial charge in [0.1, 0.15) is 5.76 Å². The van der Waals surface area contributed by atoms with Gasteiger partial charge in [0.25, 0.3) is 0 Å². The highest BCUT2D eigenvalue weighted by atomic mass is 16.5. The van der Waals surface area contributed by atoms with Crippen molar-refractivity contribution < 1.29 is 13.8 Å². The zero-order valence-electron chi connectivity index (χ0n) is 14.0. The van der Waals surface area contributed by atoms with Crippen molar-refractivity contribution in [3.63, 3.8) is 0 Å². The number of rotatable bonds is 3. The first-order valence-electron chi connectivity index (χ1n) is 7.99. The highest BCUT2D eigenvalue weighted by molar-refractivity contribution is 5.84. The van der Waals surface area contributed by atoms with E-state index in [0.29, 0.717) is 24.0 Å². The molecule has 23 heavy (non-hydrogen) atoms. The molecule has 2 aromatic heterocycles. The molecular formula is C16H22N4O3. The molecule has 3 rings (SSSR count). The van der Waals surface area contributed by atoms with E-state index in [1.165, 1.54) is 0 Å². The molecule has 7 nitrogen and oxygen atoms in total. The minimum absolute atomic E-state index is 0.101. The Kier molecular flexibility index (Phi) is 4.19. The molecule has 0 aliphatic carbocycles. The third-order valence-corrected chi connectivity index (χ3v) is 4.53. The molecule has 0 spiro atoms. The number of nitrogens with zero attached hydrogens (tertiary/aromatic N) is 4. The quantitative estimate of drug-likeness (QED) is 0.864. The van der Waals surface area contributed by atoms with Gasteiger partial charge < -0.3 is 13.9 Å². The Bertz CT molecular complexity index is 686. The number of carbonyl (C=O) groups excluding carboxylic acids is 1. The lowest BCUT2D eigenvalue weighted by molar-refractivity contribution is -0.133. The Morgan fingerprint density at radius 3 is 2.65 bits per heavy atom. The number of aryl methyl sites for hydroxylation is 3. The summed E-state index contributed by atoms with van der Waals surface area (Å²) in [4.78, 5) is 19.1. The predicted molar refractivity (Wildman–Crippen MR) is 82.0 cm³/mol. The molecule has 1 amide bonds. The van der Waals surface area contributed by atoms with Gasteiger partial charge >= 0.3 is 0 Å². The van der Waals surface area contributed by atoms with E-state index in [9.17, 15) is 4.79 Å². The molecule has 0 aromatic carbocycles. The minimum atomic E-state index is -0.257. The molecule has 1 fully saturated rings. The van der Waals surface area contributed by atoms with E-state index in [0.717, 1.165) is 30.6 Å². The third kappa shape index (κ3) is 3.00. The summed E-state index contributed by atoms with van der Waals surface area (Å²) in [6, 6.07) is 0. The largest absolute Gasteiger partial charge is 0.361 e. The van der Waals surface area contributed by atoms with E-state index in [-0.39, 0.29) is 17.7 Å². The van der Waals surface area contributed by atoms with Gasteiger partial charge in [0.05, 0.1) is 11.6 Å². The van der Waals surface area contributed by atoms with E-state index in [2.05, 4.69) is 15.3 Å². The second kappa shape index (κ2) is 6.14. The Hall–Kier alpha value is -2.18. The molecule has 1 aliphatic rings. The van der Waals surface area contributed by atoms with Crippen LogP contribution in [0.1, 0.15) is 60.3 Å². The van der Waals surface area contributed by atoms with Crippen molar-refractivity contribution in [2.75, 3.05) is 13.1 Å². The van der Waals surface area contributed by atoms with Gasteiger partial charge in [-0.1, -0.05) is 10.3 Å². The van der Waals surface area contributed by atoms with Crippen LogP contribution in [0.25, 0.3) is 0 Å². The number of hydrogen-bond acceptors (Lipinski definition) is 6. The van der Waals surface area contributed by atoms with Crippen molar-refractivity contribution in [2.24, 2.45) is 0 Å². The minimum Gasteiger partial charge on any atom is -0.361 e. The highest BCUT2D eigenvalue weighted by Gasteiger charge is 2.32. The fourth-order valence-corrected chi connectivity index (χ4v) is 3.37. The number of hydrogen-bond donors (Lipinski definition) is 0. The number of aromatic nitrogens is 3. The summed E-state index contributed by atoms with van der Waals surface area (Å²) in [5.74, 6) is 1.96. The maximum atomic E-state index is 12.9. The summed E-state index contributed by atoms with van der Waals surface area (Å²) in [7, 11) is 0. The topological polar surface area (TPSA) is 85.3 Å². The molecule has 1 saturated heterocycles. The summed E-state index contributed by atoms with van der Waals surface area (Å²) in [5, 5.41) is 7.96. The lowest BCUT2D eigenvalue weighted by Crippen LogP contribution is -2.41. The predicted octanol–water partition coefficient (Wildman–Crippen LogP) is 2.49. The second-order valence-corrected chi connectivity index (χ2v) is 6.25. The SMILES string of the molecule is Cc1nc([C@H]2CCCN(C(=O)[C@@H](C)c3c(C)noc3C)C2)no1. The molecule has 2 atom stereocenters. The lowest BCUT2D eigenvalue weighted by Gasteiger charge is -2.33. The van der Waals surface area contributed by atoms with Crippen molar-refractivity contribution in [1.82, 2.24) is 20.2 Å². The average molecular weight is 318 g/mol. The van der Waals surface area contributed by atoms with Crippen molar-refractivity contribution >= 4 is 5.91 Å². The van der Waals surface area contributed by atoms with Gasteiger partial charge in [-0.25, -0.2) is 0 Å².